The SMILES string of the molecule is Cn1c(C(=O)NC2CCCc3cc(-c4ncnc(N)c4C=N)ccc32)nc2ccccc21. The number of nitrogens with one attached hydrogen (secondary N) is 2. The van der Waals surface area contributed by atoms with E-state index in [0.717, 1.165) is 47.0 Å². The maximum atomic E-state index is 13.1. The minimum absolute atomic E-state index is 0.0854. The first-order chi connectivity index (χ1) is 15.6. The van der Waals surface area contributed by atoms with Gasteiger partial charge in [-0.2, -0.15) is 0 Å². The van der Waals surface area contributed by atoms with Gasteiger partial charge in [-0.3, -0.25) is 4.79 Å². The maximum Gasteiger partial charge on any atom is 0.287 e. The van der Waals surface area contributed by atoms with Crippen LogP contribution in [0.15, 0.2) is 48.8 Å². The summed E-state index contributed by atoms with van der Waals surface area (Å²) in [6, 6.07) is 13.7. The van der Waals surface area contributed by atoms with E-state index in [2.05, 4.69) is 26.3 Å². The number of fused-ring (bicyclic) bond motifs is 2. The Morgan fingerprint density at radius 1 is 1.25 bits per heavy atom. The number of carbonyl (C=O) groups is 1. The number of para-hydroxylation sites is 2. The molecule has 0 saturated carbocycles. The molecule has 1 aliphatic carbocycles. The van der Waals surface area contributed by atoms with E-state index in [1.54, 1.807) is 0 Å². The van der Waals surface area contributed by atoms with E-state index in [0.29, 0.717) is 17.1 Å². The third-order valence-electron chi connectivity index (χ3n) is 6.09. The van der Waals surface area contributed by atoms with Crippen molar-refractivity contribution in [3.8, 4) is 11.3 Å². The monoisotopic (exact) mass is 425 g/mol. The minimum atomic E-state index is -0.180. The predicted molar refractivity (Wildman–Crippen MR) is 124 cm³/mol. The van der Waals surface area contributed by atoms with E-state index >= 15 is 0 Å². The van der Waals surface area contributed by atoms with Gasteiger partial charge in [0.1, 0.15) is 12.1 Å². The molecule has 2 aromatic heterocycles. The van der Waals surface area contributed by atoms with Gasteiger partial charge in [-0.05, 0) is 48.6 Å². The number of amides is 1. The van der Waals surface area contributed by atoms with Gasteiger partial charge in [-0.1, -0.05) is 24.3 Å². The second-order valence-electron chi connectivity index (χ2n) is 7.98. The number of benzene rings is 2. The number of aromatic nitrogens is 4. The minimum Gasteiger partial charge on any atom is -0.383 e. The highest BCUT2D eigenvalue weighted by atomic mass is 16.2. The second-order valence-corrected chi connectivity index (χ2v) is 7.98. The van der Waals surface area contributed by atoms with Crippen LogP contribution >= 0.6 is 0 Å². The van der Waals surface area contributed by atoms with Crippen molar-refractivity contribution >= 4 is 29.0 Å². The van der Waals surface area contributed by atoms with Crippen LogP contribution < -0.4 is 11.1 Å². The van der Waals surface area contributed by atoms with Crippen LogP contribution in [0.3, 0.4) is 0 Å². The Hall–Kier alpha value is -4.07. The second kappa shape index (κ2) is 7.88. The van der Waals surface area contributed by atoms with Crippen molar-refractivity contribution in [3.63, 3.8) is 0 Å². The number of nitrogens with two attached hydrogens (primary N) is 1. The lowest BCUT2D eigenvalue weighted by Crippen LogP contribution is -2.32. The van der Waals surface area contributed by atoms with Crippen LogP contribution in [0, 0.1) is 5.41 Å². The largest absolute Gasteiger partial charge is 0.383 e. The highest BCUT2D eigenvalue weighted by Gasteiger charge is 2.25. The number of aryl methyl sites for hydroxylation is 2. The molecule has 160 valence electrons. The molecule has 4 N–H and O–H groups in total. The topological polar surface area (TPSA) is 123 Å². The highest BCUT2D eigenvalue weighted by Crippen LogP contribution is 2.34. The van der Waals surface area contributed by atoms with Crippen LogP contribution in [0.1, 0.15) is 46.2 Å². The summed E-state index contributed by atoms with van der Waals surface area (Å²) in [6.45, 7) is 0. The highest BCUT2D eigenvalue weighted by molar-refractivity contribution is 5.95. The van der Waals surface area contributed by atoms with Gasteiger partial charge in [0.05, 0.1) is 28.3 Å². The lowest BCUT2D eigenvalue weighted by atomic mass is 9.86. The fraction of sp³-hybridized carbons (Fsp3) is 0.208. The van der Waals surface area contributed by atoms with Crippen LogP contribution in [-0.4, -0.2) is 31.6 Å². The van der Waals surface area contributed by atoms with Crippen molar-refractivity contribution in [1.29, 1.82) is 5.41 Å². The molecule has 8 nitrogen and oxygen atoms in total. The summed E-state index contributed by atoms with van der Waals surface area (Å²) in [5, 5.41) is 10.9. The number of imidazole rings is 1. The molecule has 1 unspecified atom stereocenters. The molecule has 1 atom stereocenters. The van der Waals surface area contributed by atoms with Crippen molar-refractivity contribution in [2.75, 3.05) is 5.73 Å². The van der Waals surface area contributed by atoms with E-state index in [1.165, 1.54) is 12.5 Å². The molecule has 1 amide bonds. The van der Waals surface area contributed by atoms with Gasteiger partial charge in [-0.25, -0.2) is 15.0 Å². The molecular formula is C24H23N7O. The molecular weight excluding hydrogens is 402 g/mol. The molecule has 0 aliphatic heterocycles. The normalized spacial score (nSPS) is 15.3. The third-order valence-corrected chi connectivity index (χ3v) is 6.09. The maximum absolute atomic E-state index is 13.1. The Morgan fingerprint density at radius 2 is 2.09 bits per heavy atom. The van der Waals surface area contributed by atoms with Crippen LogP contribution in [0.5, 0.6) is 0 Å². The third kappa shape index (κ3) is 3.30. The Bertz CT molecular complexity index is 1360. The summed E-state index contributed by atoms with van der Waals surface area (Å²) in [7, 11) is 1.86. The van der Waals surface area contributed by atoms with Crippen molar-refractivity contribution in [2.24, 2.45) is 7.05 Å². The van der Waals surface area contributed by atoms with Gasteiger partial charge in [-0.15, -0.1) is 0 Å². The van der Waals surface area contributed by atoms with Crippen molar-refractivity contribution < 1.29 is 4.79 Å². The molecule has 0 spiro atoms. The van der Waals surface area contributed by atoms with Crippen LogP contribution in [0.25, 0.3) is 22.3 Å². The summed E-state index contributed by atoms with van der Waals surface area (Å²) in [5.74, 6) is 0.512. The Kier molecular flexibility index (Phi) is 4.89. The average molecular weight is 425 g/mol. The van der Waals surface area contributed by atoms with Gasteiger partial charge in [0.25, 0.3) is 5.91 Å². The number of anilines is 1. The fourth-order valence-electron chi connectivity index (χ4n) is 4.46. The first-order valence-corrected chi connectivity index (χ1v) is 10.5. The molecule has 32 heavy (non-hydrogen) atoms. The smallest absolute Gasteiger partial charge is 0.287 e. The van der Waals surface area contributed by atoms with Gasteiger partial charge >= 0.3 is 0 Å². The van der Waals surface area contributed by atoms with E-state index in [9.17, 15) is 4.79 Å². The molecule has 0 saturated heterocycles. The molecule has 1 aliphatic rings. The zero-order chi connectivity index (χ0) is 22.2. The first-order valence-electron chi connectivity index (χ1n) is 10.5. The van der Waals surface area contributed by atoms with Crippen LogP contribution in [-0.2, 0) is 13.5 Å². The molecule has 0 fully saturated rings. The van der Waals surface area contributed by atoms with Gasteiger partial charge < -0.3 is 21.0 Å². The van der Waals surface area contributed by atoms with Crippen LogP contribution in [0.4, 0.5) is 5.82 Å². The van der Waals surface area contributed by atoms with Crippen molar-refractivity contribution in [2.45, 2.75) is 25.3 Å². The number of nitrogens with zero attached hydrogens (tertiary/aromatic N) is 4. The zero-order valence-electron chi connectivity index (χ0n) is 17.7. The molecule has 5 rings (SSSR count). The molecule has 4 aromatic rings. The zero-order valence-corrected chi connectivity index (χ0v) is 17.7. The number of hydrogen-bond donors (Lipinski definition) is 3. The molecule has 2 aromatic carbocycles. The van der Waals surface area contributed by atoms with E-state index in [-0.39, 0.29) is 17.8 Å². The molecule has 2 heterocycles. The number of rotatable bonds is 4. The van der Waals surface area contributed by atoms with Gasteiger partial charge in [0.15, 0.2) is 5.82 Å². The predicted octanol–water partition coefficient (Wildman–Crippen LogP) is 3.42. The van der Waals surface area contributed by atoms with Gasteiger partial charge in [0, 0.05) is 18.8 Å². The Labute approximate surface area is 185 Å². The number of nitrogen functional groups attached to an aromatic ring is 1. The summed E-state index contributed by atoms with van der Waals surface area (Å²) in [4.78, 5) is 25.9. The van der Waals surface area contributed by atoms with E-state index in [1.807, 2.05) is 48.0 Å². The molecule has 0 radical (unpaired) electrons. The number of carbonyl (C=O) groups excluding carboxylic acids is 1. The molecule has 8 heteroatoms. The van der Waals surface area contributed by atoms with Crippen molar-refractivity contribution in [3.05, 3.63) is 71.3 Å². The van der Waals surface area contributed by atoms with Gasteiger partial charge in [0.2, 0.25) is 0 Å². The fourth-order valence-corrected chi connectivity index (χ4v) is 4.46. The number of hydrogen-bond acceptors (Lipinski definition) is 6. The lowest BCUT2D eigenvalue weighted by Gasteiger charge is -2.27. The van der Waals surface area contributed by atoms with Crippen LogP contribution in [0.2, 0.25) is 0 Å². The average Bonchev–Trinajstić information content (AvgIpc) is 3.15. The summed E-state index contributed by atoms with van der Waals surface area (Å²) >= 11 is 0. The summed E-state index contributed by atoms with van der Waals surface area (Å²) < 4.78 is 1.83. The Balaban J connectivity index is 1.45. The van der Waals surface area contributed by atoms with Crippen molar-refractivity contribution in [1.82, 2.24) is 24.8 Å². The quantitative estimate of drug-likeness (QED) is 0.432. The lowest BCUT2D eigenvalue weighted by molar-refractivity contribution is 0.0919. The standard InChI is InChI=1S/C24H23N7O/c1-31-20-8-3-2-6-19(20)29-23(31)24(32)30-18-7-4-5-14-11-15(9-10-16(14)18)21-17(12-25)22(26)28-13-27-21/h2-3,6,8-13,18,25H,4-5,7H2,1H3,(H,30,32)(H2,26,27,28). The first kappa shape index (κ1) is 19.9. The summed E-state index contributed by atoms with van der Waals surface area (Å²) in [6.07, 6.45) is 5.35. The summed E-state index contributed by atoms with van der Waals surface area (Å²) in [5.41, 5.74) is 12.0. The Morgan fingerprint density at radius 3 is 2.91 bits per heavy atom. The van der Waals surface area contributed by atoms with E-state index in [4.69, 9.17) is 11.1 Å². The van der Waals surface area contributed by atoms with E-state index < -0.39 is 0 Å². The molecule has 0 bridgehead atoms.